The van der Waals surface area contributed by atoms with E-state index in [0.717, 1.165) is 23.7 Å². The Kier molecular flexibility index (Phi) is 3.51. The fraction of sp³-hybridized carbons (Fsp3) is 0.267. The van der Waals surface area contributed by atoms with Gasteiger partial charge in [-0.2, -0.15) is 0 Å². The van der Waals surface area contributed by atoms with Crippen molar-refractivity contribution in [1.82, 2.24) is 4.98 Å². The Morgan fingerprint density at radius 2 is 1.94 bits per heavy atom. The van der Waals surface area contributed by atoms with E-state index in [1.807, 2.05) is 26.1 Å². The van der Waals surface area contributed by atoms with E-state index in [1.165, 1.54) is 11.1 Å². The van der Waals surface area contributed by atoms with Crippen molar-refractivity contribution >= 4 is 11.5 Å². The molecular weight excluding hydrogens is 222 g/mol. The van der Waals surface area contributed by atoms with Crippen LogP contribution in [0.25, 0.3) is 0 Å². The van der Waals surface area contributed by atoms with Crippen molar-refractivity contribution in [3.8, 4) is 0 Å². The Bertz CT molecular complexity index is 549. The first-order valence-electron chi connectivity index (χ1n) is 6.06. The maximum Gasteiger partial charge on any atom is 0.152 e. The molecular formula is C15H19N3. The molecule has 94 valence electrons. The summed E-state index contributed by atoms with van der Waals surface area (Å²) in [5.41, 5.74) is 10.2. The molecule has 2 rings (SSSR count). The fourth-order valence-electron chi connectivity index (χ4n) is 2.02. The van der Waals surface area contributed by atoms with Crippen LogP contribution in [-0.2, 0) is 6.54 Å². The third kappa shape index (κ3) is 2.80. The normalized spacial score (nSPS) is 10.4. The summed E-state index contributed by atoms with van der Waals surface area (Å²) in [5, 5.41) is 0. The third-order valence-corrected chi connectivity index (χ3v) is 2.91. The average Bonchev–Trinajstić information content (AvgIpc) is 2.32. The van der Waals surface area contributed by atoms with Gasteiger partial charge in [-0.15, -0.1) is 0 Å². The third-order valence-electron chi connectivity index (χ3n) is 2.91. The van der Waals surface area contributed by atoms with E-state index in [0.29, 0.717) is 0 Å². The second-order valence-electron chi connectivity index (χ2n) is 4.71. The quantitative estimate of drug-likeness (QED) is 0.898. The summed E-state index contributed by atoms with van der Waals surface area (Å²) in [7, 11) is 2.01. The number of rotatable bonds is 3. The molecule has 1 aromatic carbocycles. The van der Waals surface area contributed by atoms with E-state index in [9.17, 15) is 0 Å². The number of hydrogen-bond donors (Lipinski definition) is 1. The zero-order valence-corrected chi connectivity index (χ0v) is 11.1. The maximum absolute atomic E-state index is 5.97. The molecule has 0 spiro atoms. The summed E-state index contributed by atoms with van der Waals surface area (Å²) >= 11 is 0. The number of aryl methyl sites for hydroxylation is 2. The molecule has 0 radical (unpaired) electrons. The summed E-state index contributed by atoms with van der Waals surface area (Å²) in [6.07, 6.45) is 0. The highest BCUT2D eigenvalue weighted by atomic mass is 15.2. The molecule has 0 amide bonds. The zero-order chi connectivity index (χ0) is 13.1. The van der Waals surface area contributed by atoms with Gasteiger partial charge in [0, 0.05) is 19.3 Å². The van der Waals surface area contributed by atoms with Crippen LogP contribution in [0, 0.1) is 13.8 Å². The lowest BCUT2D eigenvalue weighted by Gasteiger charge is -2.20. The Morgan fingerprint density at radius 1 is 1.17 bits per heavy atom. The molecule has 3 heteroatoms. The zero-order valence-electron chi connectivity index (χ0n) is 11.1. The molecule has 0 aliphatic rings. The van der Waals surface area contributed by atoms with Gasteiger partial charge in [-0.25, -0.2) is 4.98 Å². The molecule has 0 aliphatic heterocycles. The second kappa shape index (κ2) is 5.08. The lowest BCUT2D eigenvalue weighted by Crippen LogP contribution is -2.19. The molecule has 0 fully saturated rings. The first-order valence-corrected chi connectivity index (χ1v) is 6.06. The molecule has 0 atom stereocenters. The van der Waals surface area contributed by atoms with Crippen molar-refractivity contribution < 1.29 is 0 Å². The Balaban J connectivity index is 2.21. The maximum atomic E-state index is 5.97. The van der Waals surface area contributed by atoms with Crippen molar-refractivity contribution in [2.75, 3.05) is 17.7 Å². The SMILES string of the molecule is Cc1cccc(CN(C)c2nc(C)ccc2N)c1. The highest BCUT2D eigenvalue weighted by Crippen LogP contribution is 2.21. The monoisotopic (exact) mass is 241 g/mol. The number of anilines is 2. The molecule has 3 nitrogen and oxygen atoms in total. The minimum Gasteiger partial charge on any atom is -0.396 e. The Morgan fingerprint density at radius 3 is 2.67 bits per heavy atom. The lowest BCUT2D eigenvalue weighted by molar-refractivity contribution is 0.893. The number of nitrogens with two attached hydrogens (primary N) is 1. The van der Waals surface area contributed by atoms with E-state index in [1.54, 1.807) is 0 Å². The van der Waals surface area contributed by atoms with Crippen LogP contribution >= 0.6 is 0 Å². The van der Waals surface area contributed by atoms with E-state index in [2.05, 4.69) is 41.1 Å². The van der Waals surface area contributed by atoms with E-state index in [4.69, 9.17) is 5.73 Å². The summed E-state index contributed by atoms with van der Waals surface area (Å²) in [6, 6.07) is 12.3. The van der Waals surface area contributed by atoms with Gasteiger partial charge >= 0.3 is 0 Å². The molecule has 0 bridgehead atoms. The smallest absolute Gasteiger partial charge is 0.152 e. The van der Waals surface area contributed by atoms with Gasteiger partial charge < -0.3 is 10.6 Å². The highest BCUT2D eigenvalue weighted by molar-refractivity contribution is 5.62. The molecule has 0 saturated heterocycles. The number of nitrogens with zero attached hydrogens (tertiary/aromatic N) is 2. The number of pyridine rings is 1. The largest absolute Gasteiger partial charge is 0.396 e. The van der Waals surface area contributed by atoms with Crippen LogP contribution in [0.1, 0.15) is 16.8 Å². The molecule has 2 N–H and O–H groups in total. The second-order valence-corrected chi connectivity index (χ2v) is 4.71. The molecule has 0 saturated carbocycles. The van der Waals surface area contributed by atoms with Crippen LogP contribution in [0.15, 0.2) is 36.4 Å². The van der Waals surface area contributed by atoms with Gasteiger partial charge in [-0.05, 0) is 31.5 Å². The van der Waals surface area contributed by atoms with Crippen molar-refractivity contribution in [3.05, 3.63) is 53.2 Å². The van der Waals surface area contributed by atoms with Gasteiger partial charge in [-0.1, -0.05) is 29.8 Å². The van der Waals surface area contributed by atoms with Crippen LogP contribution in [0.5, 0.6) is 0 Å². The van der Waals surface area contributed by atoms with Gasteiger partial charge in [0.2, 0.25) is 0 Å². The van der Waals surface area contributed by atoms with E-state index in [-0.39, 0.29) is 0 Å². The van der Waals surface area contributed by atoms with Crippen LogP contribution in [0.4, 0.5) is 11.5 Å². The van der Waals surface area contributed by atoms with Crippen LogP contribution in [-0.4, -0.2) is 12.0 Å². The van der Waals surface area contributed by atoms with Crippen LogP contribution in [0.2, 0.25) is 0 Å². The topological polar surface area (TPSA) is 42.2 Å². The van der Waals surface area contributed by atoms with E-state index < -0.39 is 0 Å². The standard InChI is InChI=1S/C15H19N3/c1-11-5-4-6-13(9-11)10-18(3)15-14(16)8-7-12(2)17-15/h4-9H,10,16H2,1-3H3. The average molecular weight is 241 g/mol. The fourth-order valence-corrected chi connectivity index (χ4v) is 2.02. The molecule has 0 aliphatic carbocycles. The highest BCUT2D eigenvalue weighted by Gasteiger charge is 2.08. The molecule has 0 unspecified atom stereocenters. The molecule has 2 aromatic rings. The van der Waals surface area contributed by atoms with Crippen molar-refractivity contribution in [2.24, 2.45) is 0 Å². The van der Waals surface area contributed by atoms with Crippen LogP contribution < -0.4 is 10.6 Å². The van der Waals surface area contributed by atoms with Crippen molar-refractivity contribution in [2.45, 2.75) is 20.4 Å². The van der Waals surface area contributed by atoms with Gasteiger partial charge in [0.25, 0.3) is 0 Å². The van der Waals surface area contributed by atoms with Crippen LogP contribution in [0.3, 0.4) is 0 Å². The first-order chi connectivity index (χ1) is 8.56. The minimum absolute atomic E-state index is 0.718. The van der Waals surface area contributed by atoms with Gasteiger partial charge in [0.1, 0.15) is 0 Å². The predicted octanol–water partition coefficient (Wildman–Crippen LogP) is 2.92. The van der Waals surface area contributed by atoms with Gasteiger partial charge in [0.05, 0.1) is 5.69 Å². The Labute approximate surface area is 108 Å². The summed E-state index contributed by atoms with van der Waals surface area (Å²) < 4.78 is 0. The lowest BCUT2D eigenvalue weighted by atomic mass is 10.1. The summed E-state index contributed by atoms with van der Waals surface area (Å²) in [6.45, 7) is 4.88. The first kappa shape index (κ1) is 12.4. The van der Waals surface area contributed by atoms with Gasteiger partial charge in [-0.3, -0.25) is 0 Å². The predicted molar refractivity (Wildman–Crippen MR) is 76.7 cm³/mol. The van der Waals surface area contributed by atoms with Crippen molar-refractivity contribution in [1.29, 1.82) is 0 Å². The number of aromatic nitrogens is 1. The molecule has 1 aromatic heterocycles. The summed E-state index contributed by atoms with van der Waals surface area (Å²) in [4.78, 5) is 6.57. The Hall–Kier alpha value is -2.03. The number of nitrogen functional groups attached to an aromatic ring is 1. The minimum atomic E-state index is 0.718. The van der Waals surface area contributed by atoms with E-state index >= 15 is 0 Å². The summed E-state index contributed by atoms with van der Waals surface area (Å²) in [5.74, 6) is 0.844. The number of benzene rings is 1. The van der Waals surface area contributed by atoms with Gasteiger partial charge in [0.15, 0.2) is 5.82 Å². The molecule has 18 heavy (non-hydrogen) atoms. The molecule has 1 heterocycles. The van der Waals surface area contributed by atoms with Crippen molar-refractivity contribution in [3.63, 3.8) is 0 Å². The number of hydrogen-bond acceptors (Lipinski definition) is 3.